The number of hydrogen-bond donors (Lipinski definition) is 0. The lowest BCUT2D eigenvalue weighted by atomic mass is 10.2. The summed E-state index contributed by atoms with van der Waals surface area (Å²) in [7, 11) is 0. The van der Waals surface area contributed by atoms with Gasteiger partial charge in [0.15, 0.2) is 6.29 Å². The molecule has 92 valence electrons. The van der Waals surface area contributed by atoms with E-state index in [-0.39, 0.29) is 17.8 Å². The Bertz CT molecular complexity index is 653. The first-order chi connectivity index (χ1) is 8.60. The molecule has 0 bridgehead atoms. The summed E-state index contributed by atoms with van der Waals surface area (Å²) in [6.45, 7) is -0.160. The second kappa shape index (κ2) is 4.87. The van der Waals surface area contributed by atoms with Gasteiger partial charge in [-0.2, -0.15) is 5.10 Å². The fourth-order valence-corrected chi connectivity index (χ4v) is 1.45. The third-order valence-electron chi connectivity index (χ3n) is 2.34. The van der Waals surface area contributed by atoms with Crippen molar-refractivity contribution in [3.8, 4) is 0 Å². The molecule has 0 N–H and O–H groups in total. The molecule has 0 unspecified atom stereocenters. The van der Waals surface area contributed by atoms with Crippen LogP contribution in [-0.4, -0.2) is 16.1 Å². The molecule has 1 aromatic heterocycles. The van der Waals surface area contributed by atoms with Crippen LogP contribution < -0.4 is 5.56 Å². The van der Waals surface area contributed by atoms with Gasteiger partial charge in [-0.3, -0.25) is 9.59 Å². The summed E-state index contributed by atoms with van der Waals surface area (Å²) in [5.41, 5.74) is -0.282. The SMILES string of the molecule is O=Cc1ccc(=O)n(Cc2ccc(F)cc2F)n1. The topological polar surface area (TPSA) is 52.0 Å². The summed E-state index contributed by atoms with van der Waals surface area (Å²) in [4.78, 5) is 22.0. The zero-order valence-corrected chi connectivity index (χ0v) is 9.14. The summed E-state index contributed by atoms with van der Waals surface area (Å²) < 4.78 is 27.1. The normalized spacial score (nSPS) is 10.3. The van der Waals surface area contributed by atoms with Crippen molar-refractivity contribution < 1.29 is 13.6 Å². The number of carbonyl (C=O) groups is 1. The lowest BCUT2D eigenvalue weighted by molar-refractivity contribution is 0.111. The Morgan fingerprint density at radius 2 is 2.00 bits per heavy atom. The van der Waals surface area contributed by atoms with Crippen molar-refractivity contribution in [2.24, 2.45) is 0 Å². The van der Waals surface area contributed by atoms with Crippen molar-refractivity contribution in [2.75, 3.05) is 0 Å². The molecule has 2 rings (SSSR count). The molecule has 6 heteroatoms. The molecule has 2 aromatic rings. The Kier molecular flexibility index (Phi) is 3.27. The van der Waals surface area contributed by atoms with Crippen LogP contribution in [0.25, 0.3) is 0 Å². The lowest BCUT2D eigenvalue weighted by Crippen LogP contribution is -2.24. The van der Waals surface area contributed by atoms with Gasteiger partial charge in [0.1, 0.15) is 17.3 Å². The Morgan fingerprint density at radius 1 is 1.22 bits per heavy atom. The van der Waals surface area contributed by atoms with Crippen LogP contribution in [0, 0.1) is 11.6 Å². The van der Waals surface area contributed by atoms with Crippen molar-refractivity contribution in [3.05, 3.63) is 63.6 Å². The number of halogens is 2. The number of nitrogens with zero attached hydrogens (tertiary/aromatic N) is 2. The standard InChI is InChI=1S/C12H8F2N2O2/c13-9-2-1-8(11(14)5-9)6-16-12(18)4-3-10(7-17)15-16/h1-5,7H,6H2. The van der Waals surface area contributed by atoms with Crippen molar-refractivity contribution in [1.29, 1.82) is 0 Å². The first kappa shape index (κ1) is 12.1. The average Bonchev–Trinajstić information content (AvgIpc) is 2.35. The Balaban J connectivity index is 2.39. The summed E-state index contributed by atoms with van der Waals surface area (Å²) in [6.07, 6.45) is 0.483. The smallest absolute Gasteiger partial charge is 0.267 e. The van der Waals surface area contributed by atoms with Gasteiger partial charge in [0.05, 0.1) is 6.54 Å². The monoisotopic (exact) mass is 250 g/mol. The zero-order valence-electron chi connectivity index (χ0n) is 9.14. The summed E-state index contributed by atoms with van der Waals surface area (Å²) in [5.74, 6) is -1.46. The molecule has 18 heavy (non-hydrogen) atoms. The van der Waals surface area contributed by atoms with Gasteiger partial charge in [0.2, 0.25) is 0 Å². The predicted octanol–water partition coefficient (Wildman–Crippen LogP) is 1.38. The highest BCUT2D eigenvalue weighted by Gasteiger charge is 2.07. The Morgan fingerprint density at radius 3 is 2.67 bits per heavy atom. The molecule has 0 radical (unpaired) electrons. The highest BCUT2D eigenvalue weighted by molar-refractivity contribution is 5.70. The van der Waals surface area contributed by atoms with Crippen LogP contribution in [-0.2, 0) is 6.54 Å². The molecule has 0 amide bonds. The van der Waals surface area contributed by atoms with Gasteiger partial charge in [-0.25, -0.2) is 13.5 Å². The van der Waals surface area contributed by atoms with Gasteiger partial charge < -0.3 is 0 Å². The molecule has 0 aliphatic heterocycles. The highest BCUT2D eigenvalue weighted by Crippen LogP contribution is 2.09. The molecule has 0 spiro atoms. The van der Waals surface area contributed by atoms with E-state index in [2.05, 4.69) is 5.10 Å². The van der Waals surface area contributed by atoms with E-state index in [1.54, 1.807) is 0 Å². The van der Waals surface area contributed by atoms with Gasteiger partial charge in [-0.15, -0.1) is 0 Å². The maximum absolute atomic E-state index is 13.4. The van der Waals surface area contributed by atoms with E-state index in [4.69, 9.17) is 0 Å². The fraction of sp³-hybridized carbons (Fsp3) is 0.0833. The minimum atomic E-state index is -0.764. The van der Waals surface area contributed by atoms with Crippen LogP contribution in [0.1, 0.15) is 16.1 Å². The van der Waals surface area contributed by atoms with Crippen molar-refractivity contribution in [2.45, 2.75) is 6.54 Å². The zero-order chi connectivity index (χ0) is 13.1. The number of aromatic nitrogens is 2. The number of benzene rings is 1. The fourth-order valence-electron chi connectivity index (χ4n) is 1.45. The average molecular weight is 250 g/mol. The highest BCUT2D eigenvalue weighted by atomic mass is 19.1. The van der Waals surface area contributed by atoms with E-state index >= 15 is 0 Å². The van der Waals surface area contributed by atoms with E-state index in [9.17, 15) is 18.4 Å². The molecule has 0 fully saturated rings. The molecule has 1 aromatic carbocycles. The van der Waals surface area contributed by atoms with Gasteiger partial charge >= 0.3 is 0 Å². The van der Waals surface area contributed by atoms with Crippen molar-refractivity contribution >= 4 is 6.29 Å². The van der Waals surface area contributed by atoms with Crippen LogP contribution in [0.5, 0.6) is 0 Å². The van der Waals surface area contributed by atoms with Crippen LogP contribution in [0.3, 0.4) is 0 Å². The third kappa shape index (κ3) is 2.48. The second-order valence-electron chi connectivity index (χ2n) is 3.61. The predicted molar refractivity (Wildman–Crippen MR) is 59.3 cm³/mol. The van der Waals surface area contributed by atoms with Crippen LogP contribution in [0.2, 0.25) is 0 Å². The number of hydrogen-bond acceptors (Lipinski definition) is 3. The Labute approximate surface area is 100 Å². The molecular formula is C12H8F2N2O2. The van der Waals surface area contributed by atoms with E-state index in [1.165, 1.54) is 12.1 Å². The van der Waals surface area contributed by atoms with Gasteiger partial charge in [-0.1, -0.05) is 6.07 Å². The van der Waals surface area contributed by atoms with Crippen LogP contribution >= 0.6 is 0 Å². The summed E-state index contributed by atoms with van der Waals surface area (Å²) >= 11 is 0. The van der Waals surface area contributed by atoms with Gasteiger partial charge in [0, 0.05) is 17.7 Å². The minimum absolute atomic E-state index is 0.0668. The first-order valence-corrected chi connectivity index (χ1v) is 5.07. The molecule has 0 saturated heterocycles. The maximum atomic E-state index is 13.4. The number of carbonyl (C=O) groups excluding carboxylic acids is 1. The number of aldehydes is 1. The second-order valence-corrected chi connectivity index (χ2v) is 3.61. The van der Waals surface area contributed by atoms with Gasteiger partial charge in [0.25, 0.3) is 5.56 Å². The van der Waals surface area contributed by atoms with E-state index in [1.807, 2.05) is 0 Å². The molecule has 0 atom stereocenters. The first-order valence-electron chi connectivity index (χ1n) is 5.07. The van der Waals surface area contributed by atoms with Crippen molar-refractivity contribution in [3.63, 3.8) is 0 Å². The van der Waals surface area contributed by atoms with Gasteiger partial charge in [-0.05, 0) is 12.1 Å². The molecular weight excluding hydrogens is 242 g/mol. The van der Waals surface area contributed by atoms with E-state index in [0.29, 0.717) is 6.29 Å². The minimum Gasteiger partial charge on any atom is -0.296 e. The molecule has 0 aliphatic rings. The lowest BCUT2D eigenvalue weighted by Gasteiger charge is -2.06. The quantitative estimate of drug-likeness (QED) is 0.773. The largest absolute Gasteiger partial charge is 0.296 e. The molecule has 0 aliphatic carbocycles. The van der Waals surface area contributed by atoms with E-state index in [0.717, 1.165) is 22.9 Å². The summed E-state index contributed by atoms with van der Waals surface area (Å²) in [5, 5.41) is 3.73. The van der Waals surface area contributed by atoms with Crippen LogP contribution in [0.4, 0.5) is 8.78 Å². The number of rotatable bonds is 3. The Hall–Kier alpha value is -2.37. The van der Waals surface area contributed by atoms with E-state index < -0.39 is 17.2 Å². The summed E-state index contributed by atoms with van der Waals surface area (Å²) in [6, 6.07) is 5.48. The molecule has 1 heterocycles. The maximum Gasteiger partial charge on any atom is 0.267 e. The van der Waals surface area contributed by atoms with Crippen LogP contribution in [0.15, 0.2) is 35.1 Å². The van der Waals surface area contributed by atoms with Crippen molar-refractivity contribution in [1.82, 2.24) is 9.78 Å². The molecule has 4 nitrogen and oxygen atoms in total. The third-order valence-corrected chi connectivity index (χ3v) is 2.34. The molecule has 0 saturated carbocycles.